The molecule has 0 bridgehead atoms. The smallest absolute Gasteiger partial charge is 0.379 e. The summed E-state index contributed by atoms with van der Waals surface area (Å²) in [6.07, 6.45) is -4.19. The Bertz CT molecular complexity index is 662. The van der Waals surface area contributed by atoms with Crippen LogP contribution in [0.25, 0.3) is 0 Å². The van der Waals surface area contributed by atoms with Crippen LogP contribution in [0, 0.1) is 0 Å². The molecule has 1 saturated heterocycles. The lowest BCUT2D eigenvalue weighted by molar-refractivity contribution is -0.181. The highest BCUT2D eigenvalue weighted by molar-refractivity contribution is 5.80. The Morgan fingerprint density at radius 1 is 1.13 bits per heavy atom. The summed E-state index contributed by atoms with van der Waals surface area (Å²) in [5.41, 5.74) is 2.17. The summed E-state index contributed by atoms with van der Waals surface area (Å²) in [5.74, 6) is 0.702. The zero-order valence-corrected chi connectivity index (χ0v) is 18.0. The van der Waals surface area contributed by atoms with Crippen molar-refractivity contribution in [3.63, 3.8) is 0 Å². The van der Waals surface area contributed by atoms with Crippen LogP contribution in [0.15, 0.2) is 29.3 Å². The average molecular weight is 431 g/mol. The first-order valence-electron chi connectivity index (χ1n) is 10.3. The first-order valence-corrected chi connectivity index (χ1v) is 10.3. The molecule has 1 aliphatic rings. The molecule has 1 N–H and O–H groups in total. The Morgan fingerprint density at radius 2 is 1.80 bits per heavy atom. The first kappa shape index (κ1) is 24.4. The van der Waals surface area contributed by atoms with Crippen LogP contribution < -0.4 is 5.32 Å². The molecule has 1 heterocycles. The van der Waals surface area contributed by atoms with Crippen molar-refractivity contribution in [2.24, 2.45) is 4.99 Å². The maximum atomic E-state index is 12.9. The molecule has 170 valence electrons. The standard InChI is InChI=1S/C21H33F3N4O2/c1-4-29-12-13-30-16-19-7-5-6-18(14-19)15-26-20(25-3)28-10-8-27(9-11-28)17(2)21(22,23)24/h5-7,14,17H,4,8-13,15-16H2,1-3H3,(H,25,26). The Morgan fingerprint density at radius 3 is 2.43 bits per heavy atom. The number of alkyl halides is 3. The summed E-state index contributed by atoms with van der Waals surface area (Å²) in [4.78, 5) is 7.77. The van der Waals surface area contributed by atoms with Gasteiger partial charge in [-0.3, -0.25) is 9.89 Å². The van der Waals surface area contributed by atoms with E-state index in [1.165, 1.54) is 11.8 Å². The molecule has 0 amide bonds. The molecule has 1 fully saturated rings. The molecule has 0 spiro atoms. The fourth-order valence-corrected chi connectivity index (χ4v) is 3.32. The number of benzene rings is 1. The van der Waals surface area contributed by atoms with E-state index in [-0.39, 0.29) is 0 Å². The summed E-state index contributed by atoms with van der Waals surface area (Å²) in [6.45, 7) is 7.83. The summed E-state index contributed by atoms with van der Waals surface area (Å²) in [6, 6.07) is 6.67. The number of nitrogens with one attached hydrogen (secondary N) is 1. The molecule has 30 heavy (non-hydrogen) atoms. The lowest BCUT2D eigenvalue weighted by Crippen LogP contribution is -2.56. The van der Waals surface area contributed by atoms with Crippen molar-refractivity contribution in [2.75, 3.05) is 53.0 Å². The topological polar surface area (TPSA) is 49.3 Å². The van der Waals surface area contributed by atoms with Gasteiger partial charge in [-0.1, -0.05) is 24.3 Å². The normalized spacial score (nSPS) is 17.3. The summed E-state index contributed by atoms with van der Waals surface area (Å²) < 4.78 is 49.6. The van der Waals surface area contributed by atoms with Crippen LogP contribution in [0.1, 0.15) is 25.0 Å². The second-order valence-corrected chi connectivity index (χ2v) is 7.21. The van der Waals surface area contributed by atoms with Crippen molar-refractivity contribution in [3.8, 4) is 0 Å². The fourth-order valence-electron chi connectivity index (χ4n) is 3.32. The van der Waals surface area contributed by atoms with Gasteiger partial charge in [0.2, 0.25) is 0 Å². The van der Waals surface area contributed by atoms with Crippen molar-refractivity contribution < 1.29 is 22.6 Å². The van der Waals surface area contributed by atoms with Gasteiger partial charge in [0.1, 0.15) is 6.04 Å². The number of guanidine groups is 1. The van der Waals surface area contributed by atoms with E-state index >= 15 is 0 Å². The second kappa shape index (κ2) is 12.1. The van der Waals surface area contributed by atoms with Gasteiger partial charge in [-0.25, -0.2) is 0 Å². The fraction of sp³-hybridized carbons (Fsp3) is 0.667. The number of nitrogens with zero attached hydrogens (tertiary/aromatic N) is 3. The van der Waals surface area contributed by atoms with Crippen LogP contribution in [0.5, 0.6) is 0 Å². The van der Waals surface area contributed by atoms with Crippen LogP contribution >= 0.6 is 0 Å². The highest BCUT2D eigenvalue weighted by atomic mass is 19.4. The summed E-state index contributed by atoms with van der Waals surface area (Å²) in [7, 11) is 1.69. The number of halogens is 3. The van der Waals surface area contributed by atoms with E-state index in [4.69, 9.17) is 9.47 Å². The van der Waals surface area contributed by atoms with Crippen LogP contribution in [0.3, 0.4) is 0 Å². The minimum Gasteiger partial charge on any atom is -0.379 e. The Balaban J connectivity index is 1.80. The molecule has 9 heteroatoms. The maximum absolute atomic E-state index is 12.9. The molecule has 1 aromatic rings. The first-order chi connectivity index (χ1) is 14.3. The van der Waals surface area contributed by atoms with Crippen molar-refractivity contribution >= 4 is 5.96 Å². The molecule has 0 aromatic heterocycles. The van der Waals surface area contributed by atoms with Gasteiger partial charge in [-0.2, -0.15) is 13.2 Å². The molecular weight excluding hydrogens is 397 g/mol. The molecule has 0 aliphatic carbocycles. The predicted octanol–water partition coefficient (Wildman–Crippen LogP) is 2.88. The highest BCUT2D eigenvalue weighted by Crippen LogP contribution is 2.25. The molecule has 0 saturated carbocycles. The van der Waals surface area contributed by atoms with Gasteiger partial charge in [0, 0.05) is 46.4 Å². The summed E-state index contributed by atoms with van der Waals surface area (Å²) in [5, 5.41) is 3.32. The van der Waals surface area contributed by atoms with Crippen LogP contribution in [-0.4, -0.2) is 81.0 Å². The number of hydrogen-bond acceptors (Lipinski definition) is 4. The van der Waals surface area contributed by atoms with Crippen LogP contribution in [0.2, 0.25) is 0 Å². The number of hydrogen-bond donors (Lipinski definition) is 1. The zero-order valence-electron chi connectivity index (χ0n) is 18.0. The number of rotatable bonds is 9. The highest BCUT2D eigenvalue weighted by Gasteiger charge is 2.41. The number of piperazine rings is 1. The molecular formula is C21H33F3N4O2. The Hall–Kier alpha value is -1.84. The monoisotopic (exact) mass is 430 g/mol. The van der Waals surface area contributed by atoms with E-state index in [9.17, 15) is 13.2 Å². The third kappa shape index (κ3) is 7.77. The van der Waals surface area contributed by atoms with Crippen molar-refractivity contribution in [2.45, 2.75) is 39.2 Å². The molecule has 2 rings (SSSR count). The molecule has 1 unspecified atom stereocenters. The van der Waals surface area contributed by atoms with Gasteiger partial charge in [-0.05, 0) is 25.0 Å². The molecule has 0 radical (unpaired) electrons. The quantitative estimate of drug-likeness (QED) is 0.371. The number of ether oxygens (including phenoxy) is 2. The lowest BCUT2D eigenvalue weighted by atomic mass is 10.1. The van der Waals surface area contributed by atoms with E-state index in [0.29, 0.717) is 65.1 Å². The van der Waals surface area contributed by atoms with E-state index in [1.54, 1.807) is 7.05 Å². The summed E-state index contributed by atoms with van der Waals surface area (Å²) >= 11 is 0. The lowest BCUT2D eigenvalue weighted by Gasteiger charge is -2.39. The predicted molar refractivity (Wildman–Crippen MR) is 111 cm³/mol. The number of aliphatic imine (C=N–C) groups is 1. The van der Waals surface area contributed by atoms with Gasteiger partial charge in [0.25, 0.3) is 0 Å². The van der Waals surface area contributed by atoms with Crippen molar-refractivity contribution in [1.29, 1.82) is 0 Å². The second-order valence-electron chi connectivity index (χ2n) is 7.21. The SMILES string of the molecule is CCOCCOCc1cccc(CNC(=NC)N2CCN(C(C)C(F)(F)F)CC2)c1. The van der Waals surface area contributed by atoms with E-state index in [1.807, 2.05) is 30.0 Å². The van der Waals surface area contributed by atoms with Gasteiger partial charge < -0.3 is 19.7 Å². The largest absolute Gasteiger partial charge is 0.403 e. The Labute approximate surface area is 177 Å². The minimum atomic E-state index is -4.19. The average Bonchev–Trinajstić information content (AvgIpc) is 2.73. The third-order valence-electron chi connectivity index (χ3n) is 5.13. The maximum Gasteiger partial charge on any atom is 0.403 e. The molecule has 1 aromatic carbocycles. The Kier molecular flexibility index (Phi) is 9.87. The molecule has 6 nitrogen and oxygen atoms in total. The van der Waals surface area contributed by atoms with E-state index in [0.717, 1.165) is 11.1 Å². The van der Waals surface area contributed by atoms with Gasteiger partial charge in [0.15, 0.2) is 5.96 Å². The van der Waals surface area contributed by atoms with Crippen LogP contribution in [0.4, 0.5) is 13.2 Å². The van der Waals surface area contributed by atoms with Crippen molar-refractivity contribution in [3.05, 3.63) is 35.4 Å². The molecule has 1 aliphatic heterocycles. The molecule has 1 atom stereocenters. The van der Waals surface area contributed by atoms with Crippen LogP contribution in [-0.2, 0) is 22.6 Å². The zero-order chi connectivity index (χ0) is 22.0. The third-order valence-corrected chi connectivity index (χ3v) is 5.13. The van der Waals surface area contributed by atoms with Crippen molar-refractivity contribution in [1.82, 2.24) is 15.1 Å². The minimum absolute atomic E-state index is 0.357. The van der Waals surface area contributed by atoms with Gasteiger partial charge >= 0.3 is 6.18 Å². The van der Waals surface area contributed by atoms with Gasteiger partial charge in [-0.15, -0.1) is 0 Å². The van der Waals surface area contributed by atoms with Gasteiger partial charge in [0.05, 0.1) is 19.8 Å². The van der Waals surface area contributed by atoms with E-state index < -0.39 is 12.2 Å². The van der Waals surface area contributed by atoms with E-state index in [2.05, 4.69) is 16.4 Å².